The molecule has 1 saturated carbocycles. The maximum absolute atomic E-state index is 3.92. The fourth-order valence-electron chi connectivity index (χ4n) is 3.33. The number of halogens is 1. The van der Waals surface area contributed by atoms with E-state index in [9.17, 15) is 0 Å². The molecule has 0 radical (unpaired) electrons. The molecular weight excluding hydrogens is 298 g/mol. The Hall–Kier alpha value is -0.340. The second kappa shape index (κ2) is 5.97. The van der Waals surface area contributed by atoms with Gasteiger partial charge >= 0.3 is 0 Å². The first-order chi connectivity index (χ1) is 8.90. The molecule has 2 unspecified atom stereocenters. The zero-order valence-electron chi connectivity index (χ0n) is 12.5. The number of nitrogens with one attached hydrogen (secondary N) is 1. The largest absolute Gasteiger partial charge is 0.305 e. The normalized spacial score (nSPS) is 28.4. The maximum atomic E-state index is 3.92. The third-order valence-electron chi connectivity index (χ3n) is 4.64. The Labute approximate surface area is 126 Å². The molecule has 1 fully saturated rings. The highest BCUT2D eigenvalue weighted by Crippen LogP contribution is 2.32. The van der Waals surface area contributed by atoms with Gasteiger partial charge in [-0.15, -0.1) is 0 Å². The topological polar surface area (TPSA) is 12.0 Å². The van der Waals surface area contributed by atoms with Crippen LogP contribution in [0.2, 0.25) is 0 Å². The summed E-state index contributed by atoms with van der Waals surface area (Å²) < 4.78 is 1.14. The average molecular weight is 324 g/mol. The molecule has 1 aliphatic carbocycles. The van der Waals surface area contributed by atoms with E-state index in [0.29, 0.717) is 6.04 Å². The van der Waals surface area contributed by atoms with Crippen LogP contribution in [0.5, 0.6) is 0 Å². The summed E-state index contributed by atoms with van der Waals surface area (Å²) in [5.74, 6) is 1.55. The van der Waals surface area contributed by atoms with Crippen molar-refractivity contribution in [1.29, 1.82) is 0 Å². The second-order valence-corrected chi connectivity index (χ2v) is 7.60. The van der Waals surface area contributed by atoms with E-state index in [1.807, 2.05) is 0 Å². The molecule has 1 aromatic carbocycles. The molecular formula is C17H26BrN. The minimum Gasteiger partial charge on any atom is -0.305 e. The van der Waals surface area contributed by atoms with Crippen LogP contribution in [0.25, 0.3) is 0 Å². The van der Waals surface area contributed by atoms with Gasteiger partial charge in [0.05, 0.1) is 0 Å². The molecule has 0 aromatic heterocycles. The van der Waals surface area contributed by atoms with Crippen LogP contribution in [0.4, 0.5) is 0 Å². The van der Waals surface area contributed by atoms with E-state index in [0.717, 1.165) is 16.3 Å². The van der Waals surface area contributed by atoms with Gasteiger partial charge in [-0.05, 0) is 56.2 Å². The fourth-order valence-corrected chi connectivity index (χ4v) is 3.60. The monoisotopic (exact) mass is 323 g/mol. The van der Waals surface area contributed by atoms with Crippen LogP contribution < -0.4 is 5.32 Å². The number of hydrogen-bond donors (Lipinski definition) is 1. The predicted molar refractivity (Wildman–Crippen MR) is 86.3 cm³/mol. The number of hydrogen-bond acceptors (Lipinski definition) is 1. The van der Waals surface area contributed by atoms with Gasteiger partial charge in [0.2, 0.25) is 0 Å². The summed E-state index contributed by atoms with van der Waals surface area (Å²) in [6.45, 7) is 9.38. The third kappa shape index (κ3) is 3.61. The van der Waals surface area contributed by atoms with Crippen molar-refractivity contribution in [2.24, 2.45) is 11.8 Å². The van der Waals surface area contributed by atoms with E-state index in [-0.39, 0.29) is 5.54 Å². The van der Waals surface area contributed by atoms with Gasteiger partial charge in [-0.1, -0.05) is 48.3 Å². The van der Waals surface area contributed by atoms with E-state index in [1.54, 1.807) is 0 Å². The molecule has 1 nitrogen and oxygen atoms in total. The van der Waals surface area contributed by atoms with Crippen molar-refractivity contribution < 1.29 is 0 Å². The first kappa shape index (κ1) is 15.1. The minimum absolute atomic E-state index is 0.0330. The lowest BCUT2D eigenvalue weighted by Crippen LogP contribution is -2.51. The van der Waals surface area contributed by atoms with Crippen LogP contribution in [-0.2, 0) is 5.54 Å². The molecule has 1 aliphatic rings. The van der Waals surface area contributed by atoms with E-state index in [2.05, 4.69) is 73.2 Å². The molecule has 0 heterocycles. The van der Waals surface area contributed by atoms with Gasteiger partial charge in [-0.2, -0.15) is 0 Å². The molecule has 0 aliphatic heterocycles. The molecule has 0 bridgehead atoms. The Balaban J connectivity index is 2.13. The number of rotatable bonds is 3. The SMILES string of the molecule is CC1CCCC(C)C1NC(C)(C)c1ccc(Br)cc1. The third-order valence-corrected chi connectivity index (χ3v) is 5.17. The molecule has 19 heavy (non-hydrogen) atoms. The smallest absolute Gasteiger partial charge is 0.0379 e. The van der Waals surface area contributed by atoms with Crippen LogP contribution in [0.15, 0.2) is 28.7 Å². The van der Waals surface area contributed by atoms with Crippen LogP contribution in [0, 0.1) is 11.8 Å². The zero-order chi connectivity index (χ0) is 14.0. The van der Waals surface area contributed by atoms with E-state index in [4.69, 9.17) is 0 Å². The average Bonchev–Trinajstić information content (AvgIpc) is 2.35. The molecule has 0 saturated heterocycles. The summed E-state index contributed by atoms with van der Waals surface area (Å²) in [5, 5.41) is 3.92. The Kier molecular flexibility index (Phi) is 4.73. The molecule has 0 spiro atoms. The van der Waals surface area contributed by atoms with Gasteiger partial charge in [0.15, 0.2) is 0 Å². The summed E-state index contributed by atoms with van der Waals surface area (Å²) in [6, 6.07) is 9.33. The maximum Gasteiger partial charge on any atom is 0.0379 e. The summed E-state index contributed by atoms with van der Waals surface area (Å²) in [7, 11) is 0. The van der Waals surface area contributed by atoms with Gasteiger partial charge in [-0.25, -0.2) is 0 Å². The quantitative estimate of drug-likeness (QED) is 0.816. The van der Waals surface area contributed by atoms with E-state index < -0.39 is 0 Å². The van der Waals surface area contributed by atoms with Crippen LogP contribution >= 0.6 is 15.9 Å². The predicted octanol–water partition coefficient (Wildman–Crippen LogP) is 5.10. The molecule has 1 aromatic rings. The van der Waals surface area contributed by atoms with E-state index in [1.165, 1.54) is 24.8 Å². The molecule has 0 amide bonds. The fraction of sp³-hybridized carbons (Fsp3) is 0.647. The molecule has 2 rings (SSSR count). The lowest BCUT2D eigenvalue weighted by molar-refractivity contribution is 0.167. The Bertz CT molecular complexity index is 400. The van der Waals surface area contributed by atoms with Crippen molar-refractivity contribution in [2.45, 2.75) is 58.5 Å². The Morgan fingerprint density at radius 2 is 1.58 bits per heavy atom. The Morgan fingerprint density at radius 3 is 2.11 bits per heavy atom. The van der Waals surface area contributed by atoms with Crippen molar-refractivity contribution in [3.8, 4) is 0 Å². The van der Waals surface area contributed by atoms with Gasteiger partial charge < -0.3 is 5.32 Å². The summed E-state index contributed by atoms with van der Waals surface area (Å²) in [4.78, 5) is 0. The molecule has 2 atom stereocenters. The van der Waals surface area contributed by atoms with Gasteiger partial charge in [0.1, 0.15) is 0 Å². The summed E-state index contributed by atoms with van der Waals surface area (Å²) in [5.41, 5.74) is 1.39. The first-order valence-electron chi connectivity index (χ1n) is 7.44. The van der Waals surface area contributed by atoms with Crippen molar-refractivity contribution >= 4 is 15.9 Å². The second-order valence-electron chi connectivity index (χ2n) is 6.69. The number of benzene rings is 1. The molecule has 1 N–H and O–H groups in total. The highest BCUT2D eigenvalue weighted by atomic mass is 79.9. The van der Waals surface area contributed by atoms with Crippen molar-refractivity contribution in [1.82, 2.24) is 5.32 Å². The van der Waals surface area contributed by atoms with Crippen molar-refractivity contribution in [3.05, 3.63) is 34.3 Å². The first-order valence-corrected chi connectivity index (χ1v) is 8.23. The van der Waals surface area contributed by atoms with Crippen LogP contribution in [0.3, 0.4) is 0 Å². The van der Waals surface area contributed by atoms with E-state index >= 15 is 0 Å². The van der Waals surface area contributed by atoms with Crippen LogP contribution in [-0.4, -0.2) is 6.04 Å². The van der Waals surface area contributed by atoms with Gasteiger partial charge in [0, 0.05) is 16.1 Å². The highest BCUT2D eigenvalue weighted by molar-refractivity contribution is 9.10. The minimum atomic E-state index is 0.0330. The highest BCUT2D eigenvalue weighted by Gasteiger charge is 2.32. The van der Waals surface area contributed by atoms with Crippen molar-refractivity contribution in [3.63, 3.8) is 0 Å². The lowest BCUT2D eigenvalue weighted by Gasteiger charge is -2.41. The van der Waals surface area contributed by atoms with Gasteiger partial charge in [0.25, 0.3) is 0 Å². The standard InChI is InChI=1S/C17H26BrN/c1-12-6-5-7-13(2)16(12)19-17(3,4)14-8-10-15(18)11-9-14/h8-13,16,19H,5-7H2,1-4H3. The lowest BCUT2D eigenvalue weighted by atomic mass is 9.77. The summed E-state index contributed by atoms with van der Waals surface area (Å²) >= 11 is 3.51. The molecule has 106 valence electrons. The zero-order valence-corrected chi connectivity index (χ0v) is 14.1. The Morgan fingerprint density at radius 1 is 1.05 bits per heavy atom. The summed E-state index contributed by atoms with van der Waals surface area (Å²) in [6.07, 6.45) is 4.11. The van der Waals surface area contributed by atoms with Crippen LogP contribution in [0.1, 0.15) is 52.5 Å². The van der Waals surface area contributed by atoms with Crippen molar-refractivity contribution in [2.75, 3.05) is 0 Å². The van der Waals surface area contributed by atoms with Gasteiger partial charge in [-0.3, -0.25) is 0 Å². The molecule has 2 heteroatoms.